The number of anilines is 3. The molecule has 2 saturated heterocycles. The van der Waals surface area contributed by atoms with Gasteiger partial charge in [0.05, 0.1) is 23.5 Å². The number of hydrogen-bond acceptors (Lipinski definition) is 9. The van der Waals surface area contributed by atoms with E-state index in [0.29, 0.717) is 80.4 Å². The van der Waals surface area contributed by atoms with Crippen LogP contribution in [0.3, 0.4) is 0 Å². The molecular formula is C27H31N7O5. The second kappa shape index (κ2) is 11.0. The number of hydrogen-bond donors (Lipinski definition) is 1. The Labute approximate surface area is 226 Å². The molecule has 0 bridgehead atoms. The summed E-state index contributed by atoms with van der Waals surface area (Å²) in [4.78, 5) is 51.6. The molecular weight excluding hydrogens is 502 g/mol. The Balaban J connectivity index is 1.37. The van der Waals surface area contributed by atoms with Gasteiger partial charge in [0.25, 0.3) is 0 Å². The standard InChI is InChI=1S/C27H31N7O5/c1-27(38-2)5-7-33(17-27)22-11-23(29-13-20(22)12-28)31-26(37)34-6-3-4-18-10-19(21(15-35)30-25(18)34)14-32-8-9-39-16-24(32)36/h10-11,13,15H,3-9,14,16-17H2,1-2H3,(H,29,31,37)/t27-/m1/s1. The van der Waals surface area contributed by atoms with Crippen molar-refractivity contribution in [2.45, 2.75) is 38.3 Å². The first-order valence-electron chi connectivity index (χ1n) is 13.0. The molecule has 12 heteroatoms. The molecule has 12 nitrogen and oxygen atoms in total. The summed E-state index contributed by atoms with van der Waals surface area (Å²) in [7, 11) is 1.68. The van der Waals surface area contributed by atoms with Crippen LogP contribution in [0.2, 0.25) is 0 Å². The van der Waals surface area contributed by atoms with E-state index in [2.05, 4.69) is 26.3 Å². The molecule has 0 unspecified atom stereocenters. The minimum Gasteiger partial charge on any atom is -0.377 e. The maximum absolute atomic E-state index is 13.4. The van der Waals surface area contributed by atoms with E-state index in [1.165, 1.54) is 11.1 Å². The number of pyridine rings is 2. The Morgan fingerprint density at radius 3 is 2.90 bits per heavy atom. The fraction of sp³-hybridized carbons (Fsp3) is 0.481. The molecule has 0 radical (unpaired) electrons. The monoisotopic (exact) mass is 533 g/mol. The van der Waals surface area contributed by atoms with E-state index in [-0.39, 0.29) is 30.4 Å². The van der Waals surface area contributed by atoms with Crippen LogP contribution in [0.1, 0.15) is 46.9 Å². The molecule has 1 N–H and O–H groups in total. The van der Waals surface area contributed by atoms with Gasteiger partial charge in [0.15, 0.2) is 6.29 Å². The van der Waals surface area contributed by atoms with Crippen molar-refractivity contribution in [3.05, 3.63) is 40.7 Å². The predicted molar refractivity (Wildman–Crippen MR) is 142 cm³/mol. The van der Waals surface area contributed by atoms with Gasteiger partial charge in [-0.1, -0.05) is 0 Å². The number of nitrogens with zero attached hydrogens (tertiary/aromatic N) is 6. The van der Waals surface area contributed by atoms with Gasteiger partial charge in [-0.05, 0) is 37.8 Å². The second-order valence-corrected chi connectivity index (χ2v) is 10.2. The minimum atomic E-state index is -0.428. The molecule has 0 aromatic carbocycles. The molecule has 2 aromatic rings. The van der Waals surface area contributed by atoms with Crippen molar-refractivity contribution in [1.29, 1.82) is 5.26 Å². The van der Waals surface area contributed by atoms with Crippen LogP contribution in [-0.2, 0) is 27.2 Å². The van der Waals surface area contributed by atoms with Crippen molar-refractivity contribution in [3.63, 3.8) is 0 Å². The van der Waals surface area contributed by atoms with E-state index in [0.717, 1.165) is 12.0 Å². The number of aldehydes is 1. The van der Waals surface area contributed by atoms with Gasteiger partial charge in [-0.3, -0.25) is 19.8 Å². The number of carbonyl (C=O) groups excluding carboxylic acids is 3. The van der Waals surface area contributed by atoms with Crippen molar-refractivity contribution in [2.24, 2.45) is 0 Å². The molecule has 3 aliphatic heterocycles. The molecule has 2 aromatic heterocycles. The number of aromatic nitrogens is 2. The van der Waals surface area contributed by atoms with Gasteiger partial charge in [-0.2, -0.15) is 5.26 Å². The molecule has 3 aliphatic rings. The van der Waals surface area contributed by atoms with Crippen LogP contribution < -0.4 is 15.1 Å². The zero-order chi connectivity index (χ0) is 27.6. The summed E-state index contributed by atoms with van der Waals surface area (Å²) in [5.74, 6) is 0.597. The van der Waals surface area contributed by atoms with Crippen LogP contribution in [0.5, 0.6) is 0 Å². The Kier molecular flexibility index (Phi) is 7.45. The molecule has 0 aliphatic carbocycles. The average molecular weight is 534 g/mol. The third-order valence-corrected chi connectivity index (χ3v) is 7.58. The lowest BCUT2D eigenvalue weighted by atomic mass is 10.0. The molecule has 0 saturated carbocycles. The lowest BCUT2D eigenvalue weighted by Gasteiger charge is -2.31. The number of carbonyl (C=O) groups is 3. The van der Waals surface area contributed by atoms with Crippen molar-refractivity contribution in [2.75, 3.05) is 61.6 Å². The first-order valence-corrected chi connectivity index (χ1v) is 13.0. The first kappa shape index (κ1) is 26.5. The number of fused-ring (bicyclic) bond motifs is 1. The van der Waals surface area contributed by atoms with Crippen LogP contribution in [0.15, 0.2) is 18.3 Å². The normalized spacial score (nSPS) is 20.9. The van der Waals surface area contributed by atoms with Gasteiger partial charge in [-0.15, -0.1) is 0 Å². The lowest BCUT2D eigenvalue weighted by Crippen LogP contribution is -2.42. The molecule has 3 amide bonds. The Morgan fingerprint density at radius 1 is 1.33 bits per heavy atom. The highest BCUT2D eigenvalue weighted by atomic mass is 16.5. The molecule has 5 heterocycles. The van der Waals surface area contributed by atoms with Crippen LogP contribution in [0, 0.1) is 11.3 Å². The number of nitriles is 1. The van der Waals surface area contributed by atoms with Crippen LogP contribution in [0.25, 0.3) is 0 Å². The maximum Gasteiger partial charge on any atom is 0.328 e. The Bertz CT molecular complexity index is 1340. The number of ether oxygens (including phenoxy) is 2. The lowest BCUT2D eigenvalue weighted by molar-refractivity contribution is -0.143. The topological polar surface area (TPSA) is 141 Å². The first-order chi connectivity index (χ1) is 18.8. The number of amides is 3. The molecule has 1 atom stereocenters. The van der Waals surface area contributed by atoms with Gasteiger partial charge in [-0.25, -0.2) is 14.8 Å². The summed E-state index contributed by atoms with van der Waals surface area (Å²) >= 11 is 0. The summed E-state index contributed by atoms with van der Waals surface area (Å²) in [5, 5.41) is 12.5. The zero-order valence-corrected chi connectivity index (χ0v) is 22.1. The molecule has 39 heavy (non-hydrogen) atoms. The number of urea groups is 1. The van der Waals surface area contributed by atoms with Crippen molar-refractivity contribution >= 4 is 35.5 Å². The molecule has 5 rings (SSSR count). The predicted octanol–water partition coefficient (Wildman–Crippen LogP) is 2.12. The average Bonchev–Trinajstić information content (AvgIpc) is 3.35. The zero-order valence-electron chi connectivity index (χ0n) is 22.1. The van der Waals surface area contributed by atoms with E-state index in [9.17, 15) is 19.6 Å². The van der Waals surface area contributed by atoms with E-state index in [1.54, 1.807) is 18.1 Å². The quantitative estimate of drug-likeness (QED) is 0.553. The van der Waals surface area contributed by atoms with Crippen LogP contribution >= 0.6 is 0 Å². The number of aryl methyl sites for hydroxylation is 1. The summed E-state index contributed by atoms with van der Waals surface area (Å²) in [5.41, 5.74) is 2.47. The van der Waals surface area contributed by atoms with Gasteiger partial charge in [0.2, 0.25) is 5.91 Å². The fourth-order valence-corrected chi connectivity index (χ4v) is 5.25. The number of rotatable bonds is 6. The third kappa shape index (κ3) is 5.41. The largest absolute Gasteiger partial charge is 0.377 e. The van der Waals surface area contributed by atoms with Crippen molar-refractivity contribution in [3.8, 4) is 6.07 Å². The van der Waals surface area contributed by atoms with E-state index in [4.69, 9.17) is 9.47 Å². The Morgan fingerprint density at radius 2 is 2.18 bits per heavy atom. The van der Waals surface area contributed by atoms with Gasteiger partial charge in [0, 0.05) is 57.7 Å². The highest BCUT2D eigenvalue weighted by Crippen LogP contribution is 2.33. The Hall–Kier alpha value is -4.08. The number of nitrogens with one attached hydrogen (secondary N) is 1. The number of morpholine rings is 1. The van der Waals surface area contributed by atoms with Gasteiger partial charge < -0.3 is 19.3 Å². The highest BCUT2D eigenvalue weighted by Gasteiger charge is 2.35. The second-order valence-electron chi connectivity index (χ2n) is 10.2. The van der Waals surface area contributed by atoms with Crippen LogP contribution in [-0.4, -0.2) is 85.2 Å². The minimum absolute atomic E-state index is 0.0251. The molecule has 204 valence electrons. The highest BCUT2D eigenvalue weighted by molar-refractivity contribution is 6.02. The third-order valence-electron chi connectivity index (χ3n) is 7.58. The molecule has 0 spiro atoms. The van der Waals surface area contributed by atoms with Crippen LogP contribution in [0.4, 0.5) is 22.1 Å². The SMILES string of the molecule is CO[C@]1(C)CCN(c2cc(NC(=O)N3CCCc4cc(CN5CCOCC5=O)c(C=O)nc43)ncc2C#N)C1. The maximum atomic E-state index is 13.4. The smallest absolute Gasteiger partial charge is 0.328 e. The van der Waals surface area contributed by atoms with Crippen molar-refractivity contribution in [1.82, 2.24) is 14.9 Å². The summed E-state index contributed by atoms with van der Waals surface area (Å²) in [6, 6.07) is 5.33. The summed E-state index contributed by atoms with van der Waals surface area (Å²) in [6.45, 7) is 4.97. The van der Waals surface area contributed by atoms with Gasteiger partial charge >= 0.3 is 6.03 Å². The van der Waals surface area contributed by atoms with E-state index >= 15 is 0 Å². The van der Waals surface area contributed by atoms with E-state index < -0.39 is 6.03 Å². The summed E-state index contributed by atoms with van der Waals surface area (Å²) in [6.07, 6.45) is 4.34. The molecule has 2 fully saturated rings. The van der Waals surface area contributed by atoms with Crippen molar-refractivity contribution < 1.29 is 23.9 Å². The fourth-order valence-electron chi connectivity index (χ4n) is 5.25. The van der Waals surface area contributed by atoms with E-state index in [1.807, 2.05) is 13.0 Å². The number of methoxy groups -OCH3 is 1. The van der Waals surface area contributed by atoms with Gasteiger partial charge in [0.1, 0.15) is 30.0 Å². The summed E-state index contributed by atoms with van der Waals surface area (Å²) < 4.78 is 10.8.